The van der Waals surface area contributed by atoms with Gasteiger partial charge in [-0.1, -0.05) is 42.5 Å². The number of amides is 1. The first kappa shape index (κ1) is 22.9. The van der Waals surface area contributed by atoms with Gasteiger partial charge in [0.15, 0.2) is 5.65 Å². The van der Waals surface area contributed by atoms with Crippen LogP contribution in [-0.4, -0.2) is 38.1 Å². The Morgan fingerprint density at radius 3 is 2.63 bits per heavy atom. The molecule has 4 aromatic rings. The summed E-state index contributed by atoms with van der Waals surface area (Å²) < 4.78 is 9.07. The first-order valence-corrected chi connectivity index (χ1v) is 12.0. The highest BCUT2D eigenvalue weighted by atomic mass is 16.5. The number of anilines is 1. The van der Waals surface area contributed by atoms with Gasteiger partial charge in [-0.05, 0) is 31.5 Å². The molecule has 0 radical (unpaired) electrons. The molecule has 0 bridgehead atoms. The summed E-state index contributed by atoms with van der Waals surface area (Å²) in [6.45, 7) is 7.24. The van der Waals surface area contributed by atoms with E-state index in [-0.39, 0.29) is 11.5 Å². The summed E-state index contributed by atoms with van der Waals surface area (Å²) in [7, 11) is 0. The summed E-state index contributed by atoms with van der Waals surface area (Å²) in [5, 5.41) is 7.27. The van der Waals surface area contributed by atoms with E-state index in [2.05, 4.69) is 32.0 Å². The number of aryl methyl sites for hydroxylation is 1. The van der Waals surface area contributed by atoms with Gasteiger partial charge in [0.05, 0.1) is 24.1 Å². The van der Waals surface area contributed by atoms with Crippen LogP contribution in [0.5, 0.6) is 5.75 Å². The lowest BCUT2D eigenvalue weighted by Crippen LogP contribution is -2.38. The van der Waals surface area contributed by atoms with E-state index < -0.39 is 0 Å². The molecular weight excluding hydrogens is 442 g/mol. The van der Waals surface area contributed by atoms with Gasteiger partial charge in [0.2, 0.25) is 0 Å². The second-order valence-electron chi connectivity index (χ2n) is 8.60. The molecule has 0 saturated heterocycles. The average molecular weight is 472 g/mol. The van der Waals surface area contributed by atoms with Crippen molar-refractivity contribution < 1.29 is 9.53 Å². The minimum absolute atomic E-state index is 0.161. The Bertz CT molecular complexity index is 1420. The normalized spacial score (nSPS) is 13.5. The minimum Gasteiger partial charge on any atom is -0.492 e. The number of carbonyl (C=O) groups excluding carboxylic acids is 1. The zero-order valence-corrected chi connectivity index (χ0v) is 20.0. The van der Waals surface area contributed by atoms with E-state index in [0.29, 0.717) is 42.3 Å². The Balaban J connectivity index is 1.50. The van der Waals surface area contributed by atoms with Crippen LogP contribution in [0.3, 0.4) is 0 Å². The van der Waals surface area contributed by atoms with Gasteiger partial charge in [0, 0.05) is 38.3 Å². The van der Waals surface area contributed by atoms with E-state index in [0.717, 1.165) is 30.8 Å². The average Bonchev–Trinajstić information content (AvgIpc) is 3.32. The quantitative estimate of drug-likeness (QED) is 0.444. The number of carbonyl (C=O) groups is 1. The second-order valence-corrected chi connectivity index (χ2v) is 8.60. The van der Waals surface area contributed by atoms with E-state index >= 15 is 0 Å². The molecule has 1 aliphatic rings. The molecule has 0 saturated carbocycles. The fraction of sp³-hybridized carbons (Fsp3) is 0.296. The largest absolute Gasteiger partial charge is 0.492 e. The number of aromatic nitrogens is 3. The molecule has 8 nitrogen and oxygen atoms in total. The number of hydrogen-bond acceptors (Lipinski definition) is 5. The lowest BCUT2D eigenvalue weighted by atomic mass is 10.0. The Kier molecular flexibility index (Phi) is 6.37. The third-order valence-corrected chi connectivity index (χ3v) is 6.42. The second kappa shape index (κ2) is 9.76. The number of nitrogens with one attached hydrogen (secondary N) is 1. The first-order valence-electron chi connectivity index (χ1n) is 12.0. The maximum atomic E-state index is 13.5. The zero-order valence-electron chi connectivity index (χ0n) is 20.0. The van der Waals surface area contributed by atoms with Gasteiger partial charge < -0.3 is 14.6 Å². The Hall–Kier alpha value is -3.91. The van der Waals surface area contributed by atoms with Gasteiger partial charge in [-0.2, -0.15) is 9.61 Å². The van der Waals surface area contributed by atoms with E-state index in [1.807, 2.05) is 50.2 Å². The molecule has 5 rings (SSSR count). The number of fused-ring (bicyclic) bond motifs is 2. The van der Waals surface area contributed by atoms with Crippen LogP contribution < -0.4 is 15.6 Å². The van der Waals surface area contributed by atoms with Gasteiger partial charge in [0.25, 0.3) is 11.5 Å². The van der Waals surface area contributed by atoms with Crippen molar-refractivity contribution in [2.24, 2.45) is 0 Å². The molecule has 1 amide bonds. The Labute approximate surface area is 203 Å². The molecule has 0 aliphatic carbocycles. The molecule has 2 aromatic carbocycles. The predicted octanol–water partition coefficient (Wildman–Crippen LogP) is 3.73. The molecule has 8 heteroatoms. The molecule has 180 valence electrons. The summed E-state index contributed by atoms with van der Waals surface area (Å²) in [6.07, 6.45) is 2.22. The molecular formula is C27H29N5O3. The highest BCUT2D eigenvalue weighted by Crippen LogP contribution is 2.26. The van der Waals surface area contributed by atoms with Crippen molar-refractivity contribution in [2.45, 2.75) is 39.9 Å². The number of para-hydroxylation sites is 2. The van der Waals surface area contributed by atoms with E-state index in [1.54, 1.807) is 6.07 Å². The smallest absolute Gasteiger partial charge is 0.279 e. The fourth-order valence-electron chi connectivity index (χ4n) is 4.82. The van der Waals surface area contributed by atoms with Crippen molar-refractivity contribution in [2.75, 3.05) is 18.5 Å². The number of ether oxygens (including phenoxy) is 1. The van der Waals surface area contributed by atoms with Crippen LogP contribution in [0, 0.1) is 0 Å². The van der Waals surface area contributed by atoms with Gasteiger partial charge in [-0.3, -0.25) is 14.5 Å². The van der Waals surface area contributed by atoms with E-state index in [9.17, 15) is 9.59 Å². The topological polar surface area (TPSA) is 80.9 Å². The van der Waals surface area contributed by atoms with Crippen LogP contribution >= 0.6 is 0 Å². The molecule has 0 unspecified atom stereocenters. The maximum absolute atomic E-state index is 13.5. The SMILES string of the molecule is CCOc1ccccc1NC(=O)c1cnn2c(=O)c3c(n(CC)c12)CCN(Cc1ccccc1)C3. The lowest BCUT2D eigenvalue weighted by Gasteiger charge is -2.30. The molecule has 0 atom stereocenters. The van der Waals surface area contributed by atoms with Crippen LogP contribution in [0.2, 0.25) is 0 Å². The van der Waals surface area contributed by atoms with Gasteiger partial charge in [0.1, 0.15) is 11.3 Å². The summed E-state index contributed by atoms with van der Waals surface area (Å²) in [5.41, 5.74) is 4.27. The summed E-state index contributed by atoms with van der Waals surface area (Å²) in [5.74, 6) is 0.277. The Morgan fingerprint density at radius 1 is 1.09 bits per heavy atom. The number of nitrogens with zero attached hydrogens (tertiary/aromatic N) is 4. The van der Waals surface area contributed by atoms with Crippen molar-refractivity contribution in [3.63, 3.8) is 0 Å². The summed E-state index contributed by atoms with van der Waals surface area (Å²) >= 11 is 0. The van der Waals surface area contributed by atoms with E-state index in [4.69, 9.17) is 4.74 Å². The van der Waals surface area contributed by atoms with Crippen molar-refractivity contribution in [3.8, 4) is 5.75 Å². The molecule has 1 aliphatic heterocycles. The molecule has 0 fully saturated rings. The standard InChI is InChI=1S/C27H29N5O3/c1-3-31-23-14-15-30(17-19-10-6-5-7-11-19)18-21(23)27(34)32-26(31)20(16-28-32)25(33)29-22-12-8-9-13-24(22)35-4-2/h5-13,16H,3-4,14-15,17-18H2,1-2H3,(H,29,33). The maximum Gasteiger partial charge on any atom is 0.279 e. The van der Waals surface area contributed by atoms with Crippen LogP contribution in [-0.2, 0) is 26.1 Å². The van der Waals surface area contributed by atoms with Crippen LogP contribution in [0.4, 0.5) is 5.69 Å². The third kappa shape index (κ3) is 4.33. The van der Waals surface area contributed by atoms with Crippen molar-refractivity contribution >= 4 is 17.2 Å². The first-order chi connectivity index (χ1) is 17.1. The van der Waals surface area contributed by atoms with Crippen molar-refractivity contribution in [1.82, 2.24) is 19.1 Å². The highest BCUT2D eigenvalue weighted by molar-refractivity contribution is 6.08. The third-order valence-electron chi connectivity index (χ3n) is 6.42. The van der Waals surface area contributed by atoms with Gasteiger partial charge >= 0.3 is 0 Å². The molecule has 0 spiro atoms. The van der Waals surface area contributed by atoms with Crippen molar-refractivity contribution in [1.29, 1.82) is 0 Å². The molecule has 35 heavy (non-hydrogen) atoms. The van der Waals surface area contributed by atoms with Crippen LogP contribution in [0.15, 0.2) is 65.6 Å². The summed E-state index contributed by atoms with van der Waals surface area (Å²) in [6, 6.07) is 17.6. The molecule has 1 N–H and O–H groups in total. The van der Waals surface area contributed by atoms with Crippen molar-refractivity contribution in [3.05, 3.63) is 93.5 Å². The Morgan fingerprint density at radius 2 is 1.86 bits per heavy atom. The van der Waals surface area contributed by atoms with Crippen LogP contribution in [0.25, 0.3) is 5.65 Å². The number of benzene rings is 2. The highest BCUT2D eigenvalue weighted by Gasteiger charge is 2.27. The van der Waals surface area contributed by atoms with Gasteiger partial charge in [-0.25, -0.2) is 0 Å². The monoisotopic (exact) mass is 471 g/mol. The molecule has 3 heterocycles. The minimum atomic E-state index is -0.324. The number of rotatable bonds is 7. The fourth-order valence-corrected chi connectivity index (χ4v) is 4.82. The number of hydrogen-bond donors (Lipinski definition) is 1. The van der Waals surface area contributed by atoms with Crippen LogP contribution in [0.1, 0.15) is 41.0 Å². The summed E-state index contributed by atoms with van der Waals surface area (Å²) in [4.78, 5) is 29.1. The van der Waals surface area contributed by atoms with Gasteiger partial charge in [-0.15, -0.1) is 0 Å². The predicted molar refractivity (Wildman–Crippen MR) is 135 cm³/mol. The zero-order chi connectivity index (χ0) is 24.4. The lowest BCUT2D eigenvalue weighted by molar-refractivity contribution is 0.102. The van der Waals surface area contributed by atoms with E-state index in [1.165, 1.54) is 16.3 Å². The molecule has 2 aromatic heterocycles.